The van der Waals surface area contributed by atoms with Crippen LogP contribution in [-0.4, -0.2) is 42.6 Å². The second-order valence-corrected chi connectivity index (χ2v) is 3.28. The fourth-order valence-electron chi connectivity index (χ4n) is 1.13. The van der Waals surface area contributed by atoms with Crippen molar-refractivity contribution in [1.29, 1.82) is 0 Å². The molecule has 0 unspecified atom stereocenters. The van der Waals surface area contributed by atoms with Crippen molar-refractivity contribution in [2.45, 2.75) is 0 Å². The summed E-state index contributed by atoms with van der Waals surface area (Å²) in [6, 6.07) is 8.00. The van der Waals surface area contributed by atoms with Gasteiger partial charge < -0.3 is 14.6 Å². The van der Waals surface area contributed by atoms with E-state index < -0.39 is 24.3 Å². The van der Waals surface area contributed by atoms with E-state index in [9.17, 15) is 14.4 Å². The lowest BCUT2D eigenvalue weighted by Gasteiger charge is -2.04. The Labute approximate surface area is 103 Å². The zero-order valence-electron chi connectivity index (χ0n) is 9.50. The molecule has 0 bridgehead atoms. The molecule has 0 aliphatic carbocycles. The lowest BCUT2D eigenvalue weighted by atomic mass is 10.1. The number of Topliss-reactive ketones (excluding diaryl/α,β-unsaturated/α-hetero) is 1. The zero-order chi connectivity index (χ0) is 13.4. The lowest BCUT2D eigenvalue weighted by molar-refractivity contribution is -0.144. The van der Waals surface area contributed by atoms with E-state index in [1.54, 1.807) is 18.2 Å². The highest BCUT2D eigenvalue weighted by molar-refractivity contribution is 6.40. The van der Waals surface area contributed by atoms with Crippen molar-refractivity contribution in [3.8, 4) is 0 Å². The molecule has 1 N–H and O–H groups in total. The van der Waals surface area contributed by atoms with Crippen LogP contribution in [0, 0.1) is 0 Å². The van der Waals surface area contributed by atoms with Crippen LogP contribution in [0.3, 0.4) is 0 Å². The summed E-state index contributed by atoms with van der Waals surface area (Å²) in [7, 11) is 0. The Morgan fingerprint density at radius 2 is 1.72 bits per heavy atom. The highest BCUT2D eigenvalue weighted by Gasteiger charge is 2.17. The number of carbonyl (C=O) groups excluding carboxylic acids is 2. The SMILES string of the molecule is O=C(O)COCCOC(=O)C(=O)c1ccccc1. The van der Waals surface area contributed by atoms with Gasteiger partial charge in [0.1, 0.15) is 13.2 Å². The molecule has 1 aromatic carbocycles. The van der Waals surface area contributed by atoms with E-state index in [4.69, 9.17) is 5.11 Å². The molecule has 0 aliphatic rings. The molecule has 0 heterocycles. The van der Waals surface area contributed by atoms with Crippen molar-refractivity contribution < 1.29 is 29.0 Å². The Morgan fingerprint density at radius 1 is 1.06 bits per heavy atom. The number of carbonyl (C=O) groups is 3. The van der Waals surface area contributed by atoms with E-state index in [1.807, 2.05) is 0 Å². The summed E-state index contributed by atoms with van der Waals surface area (Å²) >= 11 is 0. The van der Waals surface area contributed by atoms with Gasteiger partial charge in [0.2, 0.25) is 0 Å². The summed E-state index contributed by atoms with van der Waals surface area (Å²) in [6.45, 7) is -0.699. The van der Waals surface area contributed by atoms with E-state index in [2.05, 4.69) is 9.47 Å². The van der Waals surface area contributed by atoms with Gasteiger partial charge in [-0.3, -0.25) is 4.79 Å². The Morgan fingerprint density at radius 3 is 2.33 bits per heavy atom. The summed E-state index contributed by atoms with van der Waals surface area (Å²) in [4.78, 5) is 32.9. The smallest absolute Gasteiger partial charge is 0.379 e. The molecular weight excluding hydrogens is 240 g/mol. The van der Waals surface area contributed by atoms with Crippen molar-refractivity contribution >= 4 is 17.7 Å². The van der Waals surface area contributed by atoms with Gasteiger partial charge in [-0.25, -0.2) is 9.59 Å². The van der Waals surface area contributed by atoms with E-state index in [1.165, 1.54) is 12.1 Å². The predicted molar refractivity (Wildman–Crippen MR) is 60.2 cm³/mol. The summed E-state index contributed by atoms with van der Waals surface area (Å²) in [5, 5.41) is 8.27. The number of hydrogen-bond donors (Lipinski definition) is 1. The van der Waals surface area contributed by atoms with Gasteiger partial charge in [0, 0.05) is 5.56 Å². The highest BCUT2D eigenvalue weighted by Crippen LogP contribution is 2.01. The molecular formula is C12H12O6. The van der Waals surface area contributed by atoms with Crippen LogP contribution >= 0.6 is 0 Å². The maximum atomic E-state index is 11.5. The molecule has 18 heavy (non-hydrogen) atoms. The summed E-state index contributed by atoms with van der Waals surface area (Å²) in [5.74, 6) is -2.84. The van der Waals surface area contributed by atoms with Crippen LogP contribution < -0.4 is 0 Å². The van der Waals surface area contributed by atoms with E-state index >= 15 is 0 Å². The van der Waals surface area contributed by atoms with Crippen LogP contribution in [0.4, 0.5) is 0 Å². The second-order valence-electron chi connectivity index (χ2n) is 3.28. The number of benzene rings is 1. The summed E-state index contributed by atoms with van der Waals surface area (Å²) in [5.41, 5.74) is 0.244. The third-order valence-corrected chi connectivity index (χ3v) is 1.91. The fraction of sp³-hybridized carbons (Fsp3) is 0.250. The number of carboxylic acids is 1. The van der Waals surface area contributed by atoms with Crippen LogP contribution in [0.25, 0.3) is 0 Å². The van der Waals surface area contributed by atoms with Gasteiger partial charge >= 0.3 is 11.9 Å². The Bertz CT molecular complexity index is 425. The molecule has 96 valence electrons. The van der Waals surface area contributed by atoms with Crippen LogP contribution in [0.2, 0.25) is 0 Å². The molecule has 0 saturated carbocycles. The largest absolute Gasteiger partial charge is 0.480 e. The number of hydrogen-bond acceptors (Lipinski definition) is 5. The van der Waals surface area contributed by atoms with Crippen molar-refractivity contribution in [2.75, 3.05) is 19.8 Å². The van der Waals surface area contributed by atoms with Crippen LogP contribution in [0.15, 0.2) is 30.3 Å². The lowest BCUT2D eigenvalue weighted by Crippen LogP contribution is -2.20. The first-order valence-electron chi connectivity index (χ1n) is 5.17. The van der Waals surface area contributed by atoms with Crippen LogP contribution in [0.1, 0.15) is 10.4 Å². The number of rotatable bonds is 7. The molecule has 0 fully saturated rings. The van der Waals surface area contributed by atoms with E-state index in [0.717, 1.165) is 0 Å². The number of ether oxygens (including phenoxy) is 2. The fourth-order valence-corrected chi connectivity index (χ4v) is 1.13. The van der Waals surface area contributed by atoms with Gasteiger partial charge in [-0.15, -0.1) is 0 Å². The monoisotopic (exact) mass is 252 g/mol. The van der Waals surface area contributed by atoms with E-state index in [0.29, 0.717) is 0 Å². The highest BCUT2D eigenvalue weighted by atomic mass is 16.6. The first-order chi connectivity index (χ1) is 8.61. The Kier molecular flexibility index (Phi) is 5.53. The summed E-state index contributed by atoms with van der Waals surface area (Å²) < 4.78 is 9.28. The third-order valence-electron chi connectivity index (χ3n) is 1.91. The second kappa shape index (κ2) is 7.18. The van der Waals surface area contributed by atoms with Crippen LogP contribution in [0.5, 0.6) is 0 Å². The van der Waals surface area contributed by atoms with Crippen molar-refractivity contribution in [3.63, 3.8) is 0 Å². The number of aliphatic carboxylic acids is 1. The summed E-state index contributed by atoms with van der Waals surface area (Å²) in [6.07, 6.45) is 0. The molecule has 6 heteroatoms. The topological polar surface area (TPSA) is 89.9 Å². The van der Waals surface area contributed by atoms with Gasteiger partial charge in [-0.1, -0.05) is 30.3 Å². The van der Waals surface area contributed by atoms with Crippen molar-refractivity contribution in [2.24, 2.45) is 0 Å². The molecule has 0 radical (unpaired) electrons. The predicted octanol–water partition coefficient (Wildman–Crippen LogP) is 0.514. The molecule has 0 aliphatic heterocycles. The van der Waals surface area contributed by atoms with Gasteiger partial charge in [0.15, 0.2) is 0 Å². The van der Waals surface area contributed by atoms with Gasteiger partial charge in [-0.05, 0) is 0 Å². The first kappa shape index (κ1) is 13.9. The third kappa shape index (κ3) is 4.75. The Hall–Kier alpha value is -2.21. The van der Waals surface area contributed by atoms with Gasteiger partial charge in [0.05, 0.1) is 6.61 Å². The molecule has 0 aromatic heterocycles. The average molecular weight is 252 g/mol. The van der Waals surface area contributed by atoms with Crippen molar-refractivity contribution in [3.05, 3.63) is 35.9 Å². The molecule has 1 rings (SSSR count). The minimum absolute atomic E-state index is 0.0693. The van der Waals surface area contributed by atoms with Gasteiger partial charge in [-0.2, -0.15) is 0 Å². The maximum Gasteiger partial charge on any atom is 0.379 e. The standard InChI is InChI=1S/C12H12O6/c13-10(14)8-17-6-7-18-12(16)11(15)9-4-2-1-3-5-9/h1-5H,6-8H2,(H,13,14). The molecule has 1 aromatic rings. The normalized spacial score (nSPS) is 9.78. The molecule has 6 nitrogen and oxygen atoms in total. The quantitative estimate of drug-likeness (QED) is 0.329. The van der Waals surface area contributed by atoms with E-state index in [-0.39, 0.29) is 18.8 Å². The van der Waals surface area contributed by atoms with Crippen LogP contribution in [-0.2, 0) is 19.1 Å². The molecule has 0 saturated heterocycles. The number of carboxylic acid groups (broad SMARTS) is 1. The molecule has 0 atom stereocenters. The Balaban J connectivity index is 2.29. The van der Waals surface area contributed by atoms with Crippen molar-refractivity contribution in [1.82, 2.24) is 0 Å². The maximum absolute atomic E-state index is 11.5. The van der Waals surface area contributed by atoms with Gasteiger partial charge in [0.25, 0.3) is 5.78 Å². The molecule has 0 amide bonds. The number of ketones is 1. The molecule has 0 spiro atoms. The zero-order valence-corrected chi connectivity index (χ0v) is 9.50. The number of esters is 1. The average Bonchev–Trinajstić information content (AvgIpc) is 2.38. The minimum Gasteiger partial charge on any atom is -0.480 e. The first-order valence-corrected chi connectivity index (χ1v) is 5.17. The minimum atomic E-state index is -1.11.